The predicted octanol–water partition coefficient (Wildman–Crippen LogP) is 1.15. The lowest BCUT2D eigenvalue weighted by atomic mass is 9.84. The molecule has 1 fully saturated rings. The fourth-order valence-corrected chi connectivity index (χ4v) is 2.34. The van der Waals surface area contributed by atoms with E-state index < -0.39 is 0 Å². The van der Waals surface area contributed by atoms with Gasteiger partial charge < -0.3 is 5.11 Å². The van der Waals surface area contributed by atoms with Crippen molar-refractivity contribution in [2.45, 2.75) is 38.5 Å². The quantitative estimate of drug-likeness (QED) is 0.759. The molecule has 4 nitrogen and oxygen atoms in total. The Hall–Kier alpha value is -0.900. The smallest absolute Gasteiger partial charge is 0.243 e. The number of hydrazone groups is 1. The molecule has 2 aliphatic rings. The standard InChI is InChI=1S/C11H18N2O2/c14-7-3-6-13-11(15)8-9-4-1-2-5-10(9)12-13/h9,14H,1-8H2. The number of aliphatic hydroxyl groups is 1. The highest BCUT2D eigenvalue weighted by atomic mass is 16.3. The summed E-state index contributed by atoms with van der Waals surface area (Å²) in [6.07, 6.45) is 5.86. The predicted molar refractivity (Wildman–Crippen MR) is 57.4 cm³/mol. The highest BCUT2D eigenvalue weighted by Crippen LogP contribution is 2.28. The van der Waals surface area contributed by atoms with Crippen molar-refractivity contribution < 1.29 is 9.90 Å². The van der Waals surface area contributed by atoms with Gasteiger partial charge in [0.2, 0.25) is 5.91 Å². The Kier molecular flexibility index (Phi) is 3.36. The van der Waals surface area contributed by atoms with Crippen LogP contribution in [-0.2, 0) is 4.79 Å². The van der Waals surface area contributed by atoms with E-state index in [-0.39, 0.29) is 12.5 Å². The van der Waals surface area contributed by atoms with Crippen LogP contribution in [0.25, 0.3) is 0 Å². The second-order valence-corrected chi connectivity index (χ2v) is 4.33. The molecule has 1 unspecified atom stereocenters. The number of amides is 1. The van der Waals surface area contributed by atoms with E-state index in [9.17, 15) is 4.79 Å². The largest absolute Gasteiger partial charge is 0.396 e. The van der Waals surface area contributed by atoms with Gasteiger partial charge >= 0.3 is 0 Å². The lowest BCUT2D eigenvalue weighted by Crippen LogP contribution is -2.38. The molecule has 1 amide bonds. The summed E-state index contributed by atoms with van der Waals surface area (Å²) in [6.45, 7) is 0.684. The van der Waals surface area contributed by atoms with Crippen LogP contribution in [0.15, 0.2) is 5.10 Å². The van der Waals surface area contributed by atoms with Gasteiger partial charge in [-0.15, -0.1) is 0 Å². The van der Waals surface area contributed by atoms with Crippen LogP contribution in [0.1, 0.15) is 38.5 Å². The molecule has 0 aromatic rings. The Balaban J connectivity index is 2.03. The molecule has 1 aliphatic heterocycles. The van der Waals surface area contributed by atoms with Gasteiger partial charge in [0.05, 0.1) is 0 Å². The van der Waals surface area contributed by atoms with E-state index in [1.165, 1.54) is 18.6 Å². The molecule has 0 saturated heterocycles. The third-order valence-electron chi connectivity index (χ3n) is 3.19. The lowest BCUT2D eigenvalue weighted by molar-refractivity contribution is -0.133. The van der Waals surface area contributed by atoms with Crippen LogP contribution in [0.2, 0.25) is 0 Å². The molecule has 1 saturated carbocycles. The Morgan fingerprint density at radius 3 is 3.13 bits per heavy atom. The molecule has 84 valence electrons. The Morgan fingerprint density at radius 2 is 2.33 bits per heavy atom. The molecule has 0 aromatic heterocycles. The first kappa shape index (κ1) is 10.6. The maximum Gasteiger partial charge on any atom is 0.243 e. The molecule has 1 atom stereocenters. The summed E-state index contributed by atoms with van der Waals surface area (Å²) in [4.78, 5) is 11.7. The van der Waals surface area contributed by atoms with Crippen molar-refractivity contribution in [3.8, 4) is 0 Å². The number of nitrogens with zero attached hydrogens (tertiary/aromatic N) is 2. The zero-order chi connectivity index (χ0) is 10.7. The number of aliphatic hydroxyl groups excluding tert-OH is 1. The summed E-state index contributed by atoms with van der Waals surface area (Å²) in [7, 11) is 0. The van der Waals surface area contributed by atoms with Gasteiger partial charge in [0.15, 0.2) is 0 Å². The average molecular weight is 210 g/mol. The Labute approximate surface area is 90.0 Å². The minimum Gasteiger partial charge on any atom is -0.396 e. The van der Waals surface area contributed by atoms with Gasteiger partial charge in [0.1, 0.15) is 0 Å². The van der Waals surface area contributed by atoms with E-state index in [1.807, 2.05) is 0 Å². The van der Waals surface area contributed by atoms with Crippen LogP contribution in [0, 0.1) is 5.92 Å². The minimum absolute atomic E-state index is 0.123. The van der Waals surface area contributed by atoms with Crippen molar-refractivity contribution in [3.63, 3.8) is 0 Å². The normalized spacial score (nSPS) is 26.2. The number of hydrogen-bond acceptors (Lipinski definition) is 3. The molecule has 4 heteroatoms. The van der Waals surface area contributed by atoms with E-state index in [1.54, 1.807) is 5.01 Å². The summed E-state index contributed by atoms with van der Waals surface area (Å²) in [5.74, 6) is 0.538. The molecule has 0 radical (unpaired) electrons. The summed E-state index contributed by atoms with van der Waals surface area (Å²) < 4.78 is 0. The number of carbonyl (C=O) groups is 1. The second kappa shape index (κ2) is 4.75. The Morgan fingerprint density at radius 1 is 1.47 bits per heavy atom. The van der Waals surface area contributed by atoms with E-state index in [0.29, 0.717) is 25.3 Å². The SMILES string of the molecule is O=C1CC2CCCCC2=NN1CCCO. The van der Waals surface area contributed by atoms with Crippen LogP contribution in [0.5, 0.6) is 0 Å². The first-order chi connectivity index (χ1) is 7.31. The van der Waals surface area contributed by atoms with Gasteiger partial charge in [-0.25, -0.2) is 5.01 Å². The van der Waals surface area contributed by atoms with Crippen LogP contribution < -0.4 is 0 Å². The van der Waals surface area contributed by atoms with E-state index in [4.69, 9.17) is 5.11 Å². The Bertz CT molecular complexity index is 276. The van der Waals surface area contributed by atoms with Crippen molar-refractivity contribution in [2.24, 2.45) is 11.0 Å². The maximum atomic E-state index is 11.7. The molecule has 15 heavy (non-hydrogen) atoms. The van der Waals surface area contributed by atoms with Crippen molar-refractivity contribution in [1.82, 2.24) is 5.01 Å². The van der Waals surface area contributed by atoms with Crippen molar-refractivity contribution in [3.05, 3.63) is 0 Å². The fraction of sp³-hybridized carbons (Fsp3) is 0.818. The highest BCUT2D eigenvalue weighted by Gasteiger charge is 2.30. The zero-order valence-electron chi connectivity index (χ0n) is 8.98. The van der Waals surface area contributed by atoms with E-state index in [2.05, 4.69) is 5.10 Å². The molecule has 1 heterocycles. The third-order valence-corrected chi connectivity index (χ3v) is 3.19. The number of fused-ring (bicyclic) bond motifs is 1. The second-order valence-electron chi connectivity index (χ2n) is 4.33. The van der Waals surface area contributed by atoms with Gasteiger partial charge in [0, 0.05) is 31.2 Å². The van der Waals surface area contributed by atoms with Crippen LogP contribution in [0.3, 0.4) is 0 Å². The summed E-state index contributed by atoms with van der Waals surface area (Å²) in [5, 5.41) is 14.7. The van der Waals surface area contributed by atoms with Crippen LogP contribution in [0.4, 0.5) is 0 Å². The molecule has 0 spiro atoms. The fourth-order valence-electron chi connectivity index (χ4n) is 2.34. The van der Waals surface area contributed by atoms with E-state index in [0.717, 1.165) is 12.8 Å². The third kappa shape index (κ3) is 2.37. The first-order valence-corrected chi connectivity index (χ1v) is 5.80. The van der Waals surface area contributed by atoms with Gasteiger partial charge in [-0.1, -0.05) is 6.42 Å². The van der Waals surface area contributed by atoms with Crippen molar-refractivity contribution in [1.29, 1.82) is 0 Å². The van der Waals surface area contributed by atoms with Gasteiger partial charge in [0.25, 0.3) is 0 Å². The monoisotopic (exact) mass is 210 g/mol. The summed E-state index contributed by atoms with van der Waals surface area (Å²) in [5.41, 5.74) is 1.21. The molecular weight excluding hydrogens is 192 g/mol. The molecule has 1 aliphatic carbocycles. The first-order valence-electron chi connectivity index (χ1n) is 5.80. The van der Waals surface area contributed by atoms with Crippen LogP contribution in [-0.4, -0.2) is 34.9 Å². The molecule has 2 rings (SSSR count). The van der Waals surface area contributed by atoms with Crippen molar-refractivity contribution >= 4 is 11.6 Å². The van der Waals surface area contributed by atoms with Gasteiger partial charge in [-0.3, -0.25) is 4.79 Å². The number of hydrogen-bond donors (Lipinski definition) is 1. The minimum atomic E-state index is 0.123. The summed E-state index contributed by atoms with van der Waals surface area (Å²) >= 11 is 0. The van der Waals surface area contributed by atoms with Crippen molar-refractivity contribution in [2.75, 3.05) is 13.2 Å². The molecule has 1 N–H and O–H groups in total. The summed E-state index contributed by atoms with van der Waals surface area (Å²) in [6, 6.07) is 0. The van der Waals surface area contributed by atoms with Gasteiger partial charge in [-0.2, -0.15) is 5.10 Å². The maximum absolute atomic E-state index is 11.7. The van der Waals surface area contributed by atoms with Gasteiger partial charge in [-0.05, 0) is 25.7 Å². The zero-order valence-corrected chi connectivity index (χ0v) is 8.98. The molecule has 0 bridgehead atoms. The molecular formula is C11H18N2O2. The van der Waals surface area contributed by atoms with E-state index >= 15 is 0 Å². The lowest BCUT2D eigenvalue weighted by Gasteiger charge is -2.32. The number of carbonyl (C=O) groups excluding carboxylic acids is 1. The topological polar surface area (TPSA) is 52.9 Å². The molecule has 0 aromatic carbocycles. The highest BCUT2D eigenvalue weighted by molar-refractivity contribution is 5.94. The number of rotatable bonds is 3. The average Bonchev–Trinajstić information content (AvgIpc) is 2.26. The van der Waals surface area contributed by atoms with Crippen LogP contribution >= 0.6 is 0 Å².